The molecule has 0 saturated carbocycles. The first-order chi connectivity index (χ1) is 13.4. The van der Waals surface area contributed by atoms with Crippen molar-refractivity contribution in [1.29, 1.82) is 0 Å². The average molecular weight is 388 g/mol. The molecule has 7 heteroatoms. The van der Waals surface area contributed by atoms with Crippen molar-refractivity contribution in [1.82, 2.24) is 19.4 Å². The summed E-state index contributed by atoms with van der Waals surface area (Å²) in [5.41, 5.74) is 1.42. The van der Waals surface area contributed by atoms with E-state index in [1.807, 2.05) is 25.1 Å². The first-order valence-corrected chi connectivity index (χ1v) is 9.81. The highest BCUT2D eigenvalue weighted by Crippen LogP contribution is 2.41. The van der Waals surface area contributed by atoms with Crippen LogP contribution in [0.15, 0.2) is 24.4 Å². The number of rotatable bonds is 4. The lowest BCUT2D eigenvalue weighted by atomic mass is 9.78. The Morgan fingerprint density at radius 2 is 1.96 bits per heavy atom. The summed E-state index contributed by atoms with van der Waals surface area (Å²) in [6, 6.07) is 3.87. The lowest BCUT2D eigenvalue weighted by Crippen LogP contribution is -2.49. The second kappa shape index (κ2) is 7.28. The smallest absolute Gasteiger partial charge is 0.230 e. The van der Waals surface area contributed by atoms with Crippen molar-refractivity contribution < 1.29 is 13.6 Å². The van der Waals surface area contributed by atoms with E-state index in [2.05, 4.69) is 14.5 Å². The van der Waals surface area contributed by atoms with E-state index in [0.29, 0.717) is 18.7 Å². The second-order valence-electron chi connectivity index (χ2n) is 8.18. The van der Waals surface area contributed by atoms with E-state index in [-0.39, 0.29) is 11.3 Å². The minimum Gasteiger partial charge on any atom is -0.338 e. The van der Waals surface area contributed by atoms with Crippen molar-refractivity contribution in [2.45, 2.75) is 39.3 Å². The van der Waals surface area contributed by atoms with Gasteiger partial charge >= 0.3 is 0 Å². The van der Waals surface area contributed by atoms with Crippen molar-refractivity contribution in [3.05, 3.63) is 53.1 Å². The number of benzene rings is 1. The van der Waals surface area contributed by atoms with Gasteiger partial charge in [0.1, 0.15) is 5.82 Å². The monoisotopic (exact) mass is 388 g/mol. The summed E-state index contributed by atoms with van der Waals surface area (Å²) in [7, 11) is 2.01. The Bertz CT molecular complexity index is 897. The predicted octanol–water partition coefficient (Wildman–Crippen LogP) is 3.02. The zero-order valence-corrected chi connectivity index (χ0v) is 16.4. The minimum atomic E-state index is -0.866. The highest BCUT2D eigenvalue weighted by Gasteiger charge is 2.48. The molecule has 2 aliphatic rings. The number of amides is 1. The third-order valence-electron chi connectivity index (χ3n) is 6.32. The molecule has 4 rings (SSSR count). The topological polar surface area (TPSA) is 41.4 Å². The number of imidazole rings is 1. The van der Waals surface area contributed by atoms with Gasteiger partial charge in [0.25, 0.3) is 0 Å². The molecule has 3 heterocycles. The van der Waals surface area contributed by atoms with Gasteiger partial charge in [-0.15, -0.1) is 0 Å². The summed E-state index contributed by atoms with van der Waals surface area (Å²) in [5, 5.41) is 0. The van der Waals surface area contributed by atoms with Crippen LogP contribution in [0, 0.1) is 24.0 Å². The second-order valence-corrected chi connectivity index (χ2v) is 8.18. The van der Waals surface area contributed by atoms with Crippen molar-refractivity contribution in [2.24, 2.45) is 12.5 Å². The molecule has 5 nitrogen and oxygen atoms in total. The Morgan fingerprint density at radius 3 is 2.68 bits per heavy atom. The number of nitrogens with zero attached hydrogens (tertiary/aromatic N) is 4. The molecule has 2 aromatic rings. The molecule has 1 aromatic heterocycles. The van der Waals surface area contributed by atoms with Gasteiger partial charge in [0.2, 0.25) is 5.91 Å². The number of hydrogen-bond donors (Lipinski definition) is 0. The summed E-state index contributed by atoms with van der Waals surface area (Å²) < 4.78 is 28.8. The third kappa shape index (κ3) is 3.43. The van der Waals surface area contributed by atoms with Crippen LogP contribution >= 0.6 is 0 Å². The van der Waals surface area contributed by atoms with Crippen molar-refractivity contribution in [2.75, 3.05) is 19.6 Å². The van der Waals surface area contributed by atoms with Crippen LogP contribution in [0.5, 0.6) is 0 Å². The highest BCUT2D eigenvalue weighted by atomic mass is 19.2. The summed E-state index contributed by atoms with van der Waals surface area (Å²) >= 11 is 0. The van der Waals surface area contributed by atoms with E-state index in [9.17, 15) is 13.6 Å². The molecule has 2 fully saturated rings. The number of hydrogen-bond acceptors (Lipinski definition) is 3. The van der Waals surface area contributed by atoms with Crippen LogP contribution in [-0.4, -0.2) is 44.9 Å². The molecule has 1 amide bonds. The Hall–Kier alpha value is -2.28. The lowest BCUT2D eigenvalue weighted by Gasteiger charge is -2.39. The maximum atomic E-state index is 13.5. The number of carbonyl (C=O) groups excluding carboxylic acids is 1. The van der Waals surface area contributed by atoms with E-state index in [4.69, 9.17) is 0 Å². The van der Waals surface area contributed by atoms with Crippen LogP contribution in [0.2, 0.25) is 0 Å². The zero-order chi connectivity index (χ0) is 19.9. The molecule has 1 spiro atoms. The van der Waals surface area contributed by atoms with E-state index >= 15 is 0 Å². The molecule has 2 saturated heterocycles. The summed E-state index contributed by atoms with van der Waals surface area (Å²) in [6.07, 6.45) is 4.57. The molecule has 1 atom stereocenters. The van der Waals surface area contributed by atoms with Gasteiger partial charge in [-0.25, -0.2) is 13.8 Å². The van der Waals surface area contributed by atoms with E-state index < -0.39 is 11.6 Å². The highest BCUT2D eigenvalue weighted by molar-refractivity contribution is 5.84. The first-order valence-electron chi connectivity index (χ1n) is 9.81. The van der Waals surface area contributed by atoms with Gasteiger partial charge < -0.3 is 9.47 Å². The van der Waals surface area contributed by atoms with Crippen LogP contribution in [-0.2, 0) is 24.9 Å². The van der Waals surface area contributed by atoms with E-state index in [0.717, 1.165) is 56.5 Å². The number of carbonyl (C=O) groups is 1. The lowest BCUT2D eigenvalue weighted by molar-refractivity contribution is -0.146. The van der Waals surface area contributed by atoms with Crippen LogP contribution in [0.25, 0.3) is 0 Å². The van der Waals surface area contributed by atoms with Gasteiger partial charge in [-0.3, -0.25) is 9.69 Å². The maximum Gasteiger partial charge on any atom is 0.230 e. The number of aryl methyl sites for hydroxylation is 1. The van der Waals surface area contributed by atoms with Gasteiger partial charge in [0.05, 0.1) is 11.1 Å². The minimum absolute atomic E-state index is 0.146. The molecule has 0 N–H and O–H groups in total. The Kier molecular flexibility index (Phi) is 4.95. The fraction of sp³-hybridized carbons (Fsp3) is 0.524. The van der Waals surface area contributed by atoms with Crippen LogP contribution in [0.4, 0.5) is 8.78 Å². The fourth-order valence-electron chi connectivity index (χ4n) is 4.56. The fourth-order valence-corrected chi connectivity index (χ4v) is 4.56. The quantitative estimate of drug-likeness (QED) is 0.809. The van der Waals surface area contributed by atoms with Crippen LogP contribution in [0.1, 0.15) is 36.3 Å². The van der Waals surface area contributed by atoms with E-state index in [1.165, 1.54) is 6.07 Å². The molecule has 150 valence electrons. The standard InChI is InChI=1S/C21H26F2N4O/c1-15-24-11-17(25(15)2)13-26-9-7-21(14-26)6-3-8-27(20(21)28)12-16-4-5-18(22)19(23)10-16/h4-5,10-11H,3,6-9,12-14H2,1-2H3. The van der Waals surface area contributed by atoms with E-state index in [1.54, 1.807) is 6.07 Å². The molecule has 0 bridgehead atoms. The van der Waals surface area contributed by atoms with Crippen LogP contribution in [0.3, 0.4) is 0 Å². The van der Waals surface area contributed by atoms with Gasteiger partial charge in [-0.2, -0.15) is 0 Å². The SMILES string of the molecule is Cc1ncc(CN2CCC3(CCCN(Cc4ccc(F)c(F)c4)C3=O)C2)n1C. The zero-order valence-electron chi connectivity index (χ0n) is 16.4. The molecule has 0 aliphatic carbocycles. The molecule has 2 aliphatic heterocycles. The first kappa shape index (κ1) is 19.1. The number of piperidine rings is 1. The largest absolute Gasteiger partial charge is 0.338 e. The van der Waals surface area contributed by atoms with Gasteiger partial charge in [-0.05, 0) is 50.4 Å². The molecule has 0 radical (unpaired) electrons. The molecular weight excluding hydrogens is 362 g/mol. The molecular formula is C21H26F2N4O. The van der Waals surface area contributed by atoms with Gasteiger partial charge in [-0.1, -0.05) is 6.07 Å². The average Bonchev–Trinajstić information content (AvgIpc) is 3.21. The predicted molar refractivity (Wildman–Crippen MR) is 101 cm³/mol. The number of aromatic nitrogens is 2. The van der Waals surface area contributed by atoms with Crippen LogP contribution < -0.4 is 0 Å². The number of halogens is 2. The van der Waals surface area contributed by atoms with Crippen molar-refractivity contribution in [3.63, 3.8) is 0 Å². The Balaban J connectivity index is 1.45. The Morgan fingerprint density at radius 1 is 1.14 bits per heavy atom. The summed E-state index contributed by atoms with van der Waals surface area (Å²) in [6.45, 7) is 5.39. The molecule has 28 heavy (non-hydrogen) atoms. The normalized spacial score (nSPS) is 23.1. The Labute approximate surface area is 164 Å². The third-order valence-corrected chi connectivity index (χ3v) is 6.32. The van der Waals surface area contributed by atoms with Gasteiger partial charge in [0, 0.05) is 39.4 Å². The van der Waals surface area contributed by atoms with Gasteiger partial charge in [0.15, 0.2) is 11.6 Å². The summed E-state index contributed by atoms with van der Waals surface area (Å²) in [5.74, 6) is -0.597. The maximum absolute atomic E-state index is 13.5. The number of likely N-dealkylation sites (tertiary alicyclic amines) is 2. The molecule has 1 aromatic carbocycles. The van der Waals surface area contributed by atoms with Crippen molar-refractivity contribution >= 4 is 5.91 Å². The van der Waals surface area contributed by atoms with Crippen molar-refractivity contribution in [3.8, 4) is 0 Å². The summed E-state index contributed by atoms with van der Waals surface area (Å²) in [4.78, 5) is 21.8. The molecule has 1 unspecified atom stereocenters.